The van der Waals surface area contributed by atoms with E-state index in [1.54, 1.807) is 12.1 Å². The monoisotopic (exact) mass is 224 g/mol. The van der Waals surface area contributed by atoms with E-state index in [4.69, 9.17) is 10.6 Å². The molecule has 1 aliphatic heterocycles. The summed E-state index contributed by atoms with van der Waals surface area (Å²) in [4.78, 5) is 0. The van der Waals surface area contributed by atoms with Crippen LogP contribution >= 0.6 is 0 Å². The predicted octanol–water partition coefficient (Wildman–Crippen LogP) is 1.38. The lowest BCUT2D eigenvalue weighted by atomic mass is 10.00. The fraction of sp³-hybridized carbons (Fsp3) is 0.500. The first kappa shape index (κ1) is 11.5. The van der Waals surface area contributed by atoms with Gasteiger partial charge in [-0.2, -0.15) is 0 Å². The minimum absolute atomic E-state index is 0.0595. The maximum atomic E-state index is 13.0. The number of benzene rings is 1. The molecule has 0 bridgehead atoms. The summed E-state index contributed by atoms with van der Waals surface area (Å²) in [5, 5.41) is 0. The zero-order chi connectivity index (χ0) is 11.4. The van der Waals surface area contributed by atoms with Crippen LogP contribution in [0.15, 0.2) is 24.3 Å². The molecule has 0 aromatic heterocycles. The molecule has 2 unspecified atom stereocenters. The van der Waals surface area contributed by atoms with Crippen molar-refractivity contribution >= 4 is 0 Å². The van der Waals surface area contributed by atoms with Gasteiger partial charge in [0.1, 0.15) is 5.82 Å². The van der Waals surface area contributed by atoms with Crippen LogP contribution in [0.3, 0.4) is 0 Å². The Hall–Kier alpha value is -0.970. The summed E-state index contributed by atoms with van der Waals surface area (Å²) in [6, 6.07) is 6.67. The van der Waals surface area contributed by atoms with Crippen molar-refractivity contribution < 1.29 is 9.13 Å². The van der Waals surface area contributed by atoms with Gasteiger partial charge in [-0.15, -0.1) is 0 Å². The lowest BCUT2D eigenvalue weighted by molar-refractivity contribution is 0.0784. The molecule has 0 amide bonds. The molecule has 0 aliphatic carbocycles. The molecule has 1 fully saturated rings. The van der Waals surface area contributed by atoms with Crippen LogP contribution in [0, 0.1) is 5.82 Å². The van der Waals surface area contributed by atoms with Crippen molar-refractivity contribution in [2.45, 2.75) is 31.4 Å². The third-order valence-electron chi connectivity index (χ3n) is 2.97. The SMILES string of the molecule is NNC(Cc1cccc(F)c1)C1CCCO1. The van der Waals surface area contributed by atoms with E-state index in [-0.39, 0.29) is 18.0 Å². The Morgan fingerprint density at radius 3 is 3.06 bits per heavy atom. The second-order valence-corrected chi connectivity index (χ2v) is 4.16. The number of halogens is 1. The standard InChI is InChI=1S/C12H17FN2O/c13-10-4-1-3-9(7-10)8-11(15-14)12-5-2-6-16-12/h1,3-4,7,11-12,15H,2,5-6,8,14H2. The van der Waals surface area contributed by atoms with Crippen molar-refractivity contribution in [1.29, 1.82) is 0 Å². The summed E-state index contributed by atoms with van der Waals surface area (Å²) >= 11 is 0. The Bertz CT molecular complexity index is 340. The molecule has 1 aromatic carbocycles. The van der Waals surface area contributed by atoms with Gasteiger partial charge in [0.05, 0.1) is 12.1 Å². The van der Waals surface area contributed by atoms with Crippen molar-refractivity contribution in [2.75, 3.05) is 6.61 Å². The molecule has 1 saturated heterocycles. The number of rotatable bonds is 4. The van der Waals surface area contributed by atoms with Crippen molar-refractivity contribution in [3.05, 3.63) is 35.6 Å². The summed E-state index contributed by atoms with van der Waals surface area (Å²) in [6.45, 7) is 0.798. The summed E-state index contributed by atoms with van der Waals surface area (Å²) in [5.41, 5.74) is 3.71. The maximum Gasteiger partial charge on any atom is 0.123 e. The normalized spacial score (nSPS) is 22.2. The Balaban J connectivity index is 2.00. The van der Waals surface area contributed by atoms with Crippen molar-refractivity contribution in [1.82, 2.24) is 5.43 Å². The van der Waals surface area contributed by atoms with Crippen LogP contribution in [0.1, 0.15) is 18.4 Å². The highest BCUT2D eigenvalue weighted by atomic mass is 19.1. The molecule has 16 heavy (non-hydrogen) atoms. The molecule has 0 spiro atoms. The van der Waals surface area contributed by atoms with Gasteiger partial charge in [0, 0.05) is 6.61 Å². The topological polar surface area (TPSA) is 47.3 Å². The summed E-state index contributed by atoms with van der Waals surface area (Å²) < 4.78 is 18.6. The molecule has 0 saturated carbocycles. The van der Waals surface area contributed by atoms with E-state index in [9.17, 15) is 4.39 Å². The van der Waals surface area contributed by atoms with Crippen molar-refractivity contribution in [3.63, 3.8) is 0 Å². The van der Waals surface area contributed by atoms with Crippen LogP contribution in [0.5, 0.6) is 0 Å². The number of nitrogens with one attached hydrogen (secondary N) is 1. The first-order valence-corrected chi connectivity index (χ1v) is 5.62. The molecule has 4 heteroatoms. The van der Waals surface area contributed by atoms with Gasteiger partial charge in [-0.25, -0.2) is 4.39 Å². The average Bonchev–Trinajstić information content (AvgIpc) is 2.79. The lowest BCUT2D eigenvalue weighted by Gasteiger charge is -2.22. The third-order valence-corrected chi connectivity index (χ3v) is 2.97. The number of nitrogens with two attached hydrogens (primary N) is 1. The lowest BCUT2D eigenvalue weighted by Crippen LogP contribution is -2.45. The molecule has 1 aliphatic rings. The smallest absolute Gasteiger partial charge is 0.123 e. The van der Waals surface area contributed by atoms with Gasteiger partial charge in [0.15, 0.2) is 0 Å². The Labute approximate surface area is 94.8 Å². The van der Waals surface area contributed by atoms with Crippen molar-refractivity contribution in [3.8, 4) is 0 Å². The van der Waals surface area contributed by atoms with Crippen LogP contribution in [0.2, 0.25) is 0 Å². The van der Waals surface area contributed by atoms with Crippen LogP contribution in [-0.4, -0.2) is 18.8 Å². The molecule has 0 radical (unpaired) electrons. The van der Waals surface area contributed by atoms with Gasteiger partial charge in [-0.05, 0) is 37.0 Å². The van der Waals surface area contributed by atoms with Crippen molar-refractivity contribution in [2.24, 2.45) is 5.84 Å². The maximum absolute atomic E-state index is 13.0. The summed E-state index contributed by atoms with van der Waals surface area (Å²) in [7, 11) is 0. The number of hydrazine groups is 1. The highest BCUT2D eigenvalue weighted by Gasteiger charge is 2.25. The Morgan fingerprint density at radius 1 is 1.56 bits per heavy atom. The van der Waals surface area contributed by atoms with E-state index in [2.05, 4.69) is 5.43 Å². The highest BCUT2D eigenvalue weighted by Crippen LogP contribution is 2.18. The van der Waals surface area contributed by atoms with Gasteiger partial charge in [-0.3, -0.25) is 11.3 Å². The quantitative estimate of drug-likeness (QED) is 0.600. The molecule has 1 aromatic rings. The van der Waals surface area contributed by atoms with E-state index in [1.165, 1.54) is 6.07 Å². The molecular formula is C12H17FN2O. The summed E-state index contributed by atoms with van der Waals surface area (Å²) in [6.07, 6.45) is 2.93. The zero-order valence-electron chi connectivity index (χ0n) is 9.16. The fourth-order valence-corrected chi connectivity index (χ4v) is 2.14. The largest absolute Gasteiger partial charge is 0.377 e. The number of hydrogen-bond donors (Lipinski definition) is 2. The van der Waals surface area contributed by atoms with Crippen LogP contribution in [-0.2, 0) is 11.2 Å². The zero-order valence-corrected chi connectivity index (χ0v) is 9.16. The molecule has 1 heterocycles. The first-order valence-electron chi connectivity index (χ1n) is 5.62. The van der Waals surface area contributed by atoms with Gasteiger partial charge in [-0.1, -0.05) is 12.1 Å². The minimum Gasteiger partial charge on any atom is -0.377 e. The van der Waals surface area contributed by atoms with Crippen LogP contribution in [0.4, 0.5) is 4.39 Å². The minimum atomic E-state index is -0.208. The molecule has 2 rings (SSSR count). The Morgan fingerprint density at radius 2 is 2.44 bits per heavy atom. The molecule has 3 nitrogen and oxygen atoms in total. The average molecular weight is 224 g/mol. The number of hydrogen-bond acceptors (Lipinski definition) is 3. The highest BCUT2D eigenvalue weighted by molar-refractivity contribution is 5.17. The van der Waals surface area contributed by atoms with Gasteiger partial charge >= 0.3 is 0 Å². The van der Waals surface area contributed by atoms with E-state index >= 15 is 0 Å². The van der Waals surface area contributed by atoms with E-state index in [1.807, 2.05) is 6.07 Å². The van der Waals surface area contributed by atoms with E-state index in [0.29, 0.717) is 6.42 Å². The summed E-state index contributed by atoms with van der Waals surface area (Å²) in [5.74, 6) is 5.31. The molecule has 88 valence electrons. The van der Waals surface area contributed by atoms with Gasteiger partial charge < -0.3 is 4.74 Å². The molecular weight excluding hydrogens is 207 g/mol. The second-order valence-electron chi connectivity index (χ2n) is 4.16. The molecule has 3 N–H and O–H groups in total. The van der Waals surface area contributed by atoms with Gasteiger partial charge in [0.2, 0.25) is 0 Å². The fourth-order valence-electron chi connectivity index (χ4n) is 2.14. The molecule has 2 atom stereocenters. The Kier molecular flexibility index (Phi) is 3.88. The van der Waals surface area contributed by atoms with E-state index in [0.717, 1.165) is 25.0 Å². The van der Waals surface area contributed by atoms with Gasteiger partial charge in [0.25, 0.3) is 0 Å². The van der Waals surface area contributed by atoms with Crippen LogP contribution < -0.4 is 11.3 Å². The first-order chi connectivity index (χ1) is 7.79. The number of ether oxygens (including phenoxy) is 1. The van der Waals surface area contributed by atoms with E-state index < -0.39 is 0 Å². The van der Waals surface area contributed by atoms with Crippen LogP contribution in [0.25, 0.3) is 0 Å². The predicted molar refractivity (Wildman–Crippen MR) is 60.2 cm³/mol. The third kappa shape index (κ3) is 2.78. The second kappa shape index (κ2) is 5.39.